The molecule has 0 bridgehead atoms. The van der Waals surface area contributed by atoms with Crippen molar-refractivity contribution in [1.82, 2.24) is 5.32 Å². The third-order valence-corrected chi connectivity index (χ3v) is 12.3. The summed E-state index contributed by atoms with van der Waals surface area (Å²) < 4.78 is 0. The van der Waals surface area contributed by atoms with Gasteiger partial charge in [0.2, 0.25) is 5.91 Å². The molecule has 0 aromatic carbocycles. The molecule has 8 atom stereocenters. The number of nitrogens with zero attached hydrogens (tertiary/aromatic N) is 1. The topological polar surface area (TPSA) is 87.0 Å². The predicted octanol–water partition coefficient (Wildman–Crippen LogP) is 5.95. The van der Waals surface area contributed by atoms with Crippen molar-refractivity contribution in [1.29, 1.82) is 5.26 Å². The van der Waals surface area contributed by atoms with Crippen LogP contribution in [0.4, 0.5) is 0 Å². The van der Waals surface area contributed by atoms with E-state index < -0.39 is 10.8 Å². The molecule has 5 aliphatic carbocycles. The van der Waals surface area contributed by atoms with Crippen LogP contribution < -0.4 is 5.32 Å². The Bertz CT molecular complexity index is 1170. The number of Topliss-reactive ketones (excluding diaryl/α,β-unsaturated/α-hetero) is 1. The van der Waals surface area contributed by atoms with Gasteiger partial charge in [0.25, 0.3) is 0 Å². The number of amides is 1. The van der Waals surface area contributed by atoms with Gasteiger partial charge >= 0.3 is 0 Å². The Balaban J connectivity index is 1.68. The first kappa shape index (κ1) is 26.4. The summed E-state index contributed by atoms with van der Waals surface area (Å²) in [6.07, 6.45) is 10.0. The summed E-state index contributed by atoms with van der Waals surface area (Å²) in [6.45, 7) is 15.9. The summed E-state index contributed by atoms with van der Waals surface area (Å²) in [4.78, 5) is 41.0. The molecule has 5 aliphatic rings. The van der Waals surface area contributed by atoms with Gasteiger partial charge in [-0.05, 0) is 86.0 Å². The zero-order chi connectivity index (χ0) is 27.2. The maximum absolute atomic E-state index is 14.4. The SMILES string of the molecule is CCNC(=O)[C@]12CCC(C)(C)C[C@H]1[C@H]1C(=O)C=C3[C@@]4(C)C=C(C#N)C(=O)[C@@H](C)[C@@H]4CC[C@@]3(C)[C@]1(C)CC2. The van der Waals surface area contributed by atoms with E-state index in [1.807, 2.05) is 26.0 Å². The molecule has 3 saturated carbocycles. The molecule has 1 N–H and O–H groups in total. The van der Waals surface area contributed by atoms with E-state index in [4.69, 9.17) is 0 Å². The van der Waals surface area contributed by atoms with Crippen molar-refractivity contribution in [3.05, 3.63) is 23.3 Å². The number of carbonyl (C=O) groups excluding carboxylic acids is 3. The predicted molar refractivity (Wildman–Crippen MR) is 143 cm³/mol. The lowest BCUT2D eigenvalue weighted by Crippen LogP contribution is -2.66. The summed E-state index contributed by atoms with van der Waals surface area (Å²) in [5.41, 5.74) is -0.0262. The second-order valence-electron chi connectivity index (χ2n) is 14.4. The van der Waals surface area contributed by atoms with Crippen molar-refractivity contribution in [3.8, 4) is 6.07 Å². The second kappa shape index (κ2) is 8.14. The quantitative estimate of drug-likeness (QED) is 0.503. The molecule has 5 heteroatoms. The van der Waals surface area contributed by atoms with Gasteiger partial charge < -0.3 is 5.32 Å². The number of allylic oxidation sites excluding steroid dienone is 4. The van der Waals surface area contributed by atoms with E-state index in [1.54, 1.807) is 0 Å². The maximum Gasteiger partial charge on any atom is 0.226 e. The number of fused-ring (bicyclic) bond motifs is 7. The third-order valence-electron chi connectivity index (χ3n) is 12.3. The number of nitriles is 1. The van der Waals surface area contributed by atoms with E-state index in [2.05, 4.69) is 46.0 Å². The molecule has 200 valence electrons. The van der Waals surface area contributed by atoms with Crippen LogP contribution in [0, 0.1) is 62.1 Å². The summed E-state index contributed by atoms with van der Waals surface area (Å²) in [7, 11) is 0. The molecule has 0 aliphatic heterocycles. The monoisotopic (exact) mass is 504 g/mol. The fourth-order valence-corrected chi connectivity index (χ4v) is 9.99. The lowest BCUT2D eigenvalue weighted by Gasteiger charge is -2.68. The molecule has 0 aromatic heterocycles. The number of carbonyl (C=O) groups is 3. The van der Waals surface area contributed by atoms with E-state index in [0.29, 0.717) is 6.54 Å². The van der Waals surface area contributed by atoms with E-state index in [9.17, 15) is 19.6 Å². The van der Waals surface area contributed by atoms with Crippen LogP contribution in [-0.4, -0.2) is 24.0 Å². The van der Waals surface area contributed by atoms with Crippen LogP contribution >= 0.6 is 0 Å². The van der Waals surface area contributed by atoms with Crippen molar-refractivity contribution in [2.24, 2.45) is 50.7 Å². The number of hydrogen-bond acceptors (Lipinski definition) is 4. The Morgan fingerprint density at radius 3 is 2.38 bits per heavy atom. The molecule has 0 heterocycles. The first-order chi connectivity index (χ1) is 17.2. The highest BCUT2D eigenvalue weighted by Gasteiger charge is 2.70. The van der Waals surface area contributed by atoms with Gasteiger partial charge in [-0.1, -0.05) is 53.2 Å². The van der Waals surface area contributed by atoms with Gasteiger partial charge in [0.15, 0.2) is 11.6 Å². The fourth-order valence-electron chi connectivity index (χ4n) is 9.99. The number of rotatable bonds is 2. The van der Waals surface area contributed by atoms with Crippen LogP contribution in [0.5, 0.6) is 0 Å². The van der Waals surface area contributed by atoms with Crippen LogP contribution in [0.25, 0.3) is 0 Å². The van der Waals surface area contributed by atoms with E-state index in [1.165, 1.54) is 0 Å². The van der Waals surface area contributed by atoms with Gasteiger partial charge in [-0.25, -0.2) is 0 Å². The molecule has 0 unspecified atom stereocenters. The normalized spacial score (nSPS) is 46.2. The van der Waals surface area contributed by atoms with Crippen LogP contribution in [0.1, 0.15) is 93.4 Å². The summed E-state index contributed by atoms with van der Waals surface area (Å²) in [5.74, 6) is -0.0749. The second-order valence-corrected chi connectivity index (χ2v) is 14.4. The third kappa shape index (κ3) is 3.29. The Morgan fingerprint density at radius 1 is 1.05 bits per heavy atom. The lowest BCUT2D eigenvalue weighted by atomic mass is 9.34. The molecular formula is C32H44N2O3. The van der Waals surface area contributed by atoms with Gasteiger partial charge in [0.05, 0.1) is 11.0 Å². The Hall–Kier alpha value is -2.22. The lowest BCUT2D eigenvalue weighted by molar-refractivity contribution is -0.177. The molecule has 0 saturated heterocycles. The maximum atomic E-state index is 14.4. The van der Waals surface area contributed by atoms with Crippen molar-refractivity contribution in [3.63, 3.8) is 0 Å². The highest BCUT2D eigenvalue weighted by Crippen LogP contribution is 2.73. The van der Waals surface area contributed by atoms with Crippen molar-refractivity contribution in [2.75, 3.05) is 6.54 Å². The standard InChI is InChI=1S/C32H44N2O3/c1-8-34-27(37)32-13-11-28(3,4)17-22(32)25-23(35)15-24-29(5)16-20(18-33)26(36)19(2)21(29)9-10-30(24,6)31(25,7)12-14-32/h15-16,19,21-22,25H,8-14,17H2,1-7H3,(H,34,37)/t19-,21-,22-,25-,29-,30+,31+,32-/m0/s1. The van der Waals surface area contributed by atoms with E-state index >= 15 is 0 Å². The molecule has 0 radical (unpaired) electrons. The molecule has 5 rings (SSSR count). The van der Waals surface area contributed by atoms with Crippen LogP contribution in [0.15, 0.2) is 23.3 Å². The summed E-state index contributed by atoms with van der Waals surface area (Å²) >= 11 is 0. The minimum Gasteiger partial charge on any atom is -0.356 e. The van der Waals surface area contributed by atoms with E-state index in [-0.39, 0.29) is 63.0 Å². The number of hydrogen-bond donors (Lipinski definition) is 1. The molecule has 0 spiro atoms. The van der Waals surface area contributed by atoms with Crippen molar-refractivity contribution < 1.29 is 14.4 Å². The molecule has 1 amide bonds. The average molecular weight is 505 g/mol. The van der Waals surface area contributed by atoms with Gasteiger partial charge in [-0.3, -0.25) is 14.4 Å². The van der Waals surface area contributed by atoms with Gasteiger partial charge in [0.1, 0.15) is 6.07 Å². The average Bonchev–Trinajstić information content (AvgIpc) is 2.82. The Morgan fingerprint density at radius 2 is 1.73 bits per heavy atom. The van der Waals surface area contributed by atoms with Crippen LogP contribution in [-0.2, 0) is 14.4 Å². The Kier molecular flexibility index (Phi) is 5.81. The van der Waals surface area contributed by atoms with Crippen LogP contribution in [0.2, 0.25) is 0 Å². The van der Waals surface area contributed by atoms with Gasteiger partial charge in [-0.2, -0.15) is 5.26 Å². The number of ketones is 2. The van der Waals surface area contributed by atoms with E-state index in [0.717, 1.165) is 50.5 Å². The summed E-state index contributed by atoms with van der Waals surface area (Å²) in [5, 5.41) is 12.9. The Labute approximate surface area is 222 Å². The molecule has 37 heavy (non-hydrogen) atoms. The van der Waals surface area contributed by atoms with Gasteiger partial charge in [0, 0.05) is 23.8 Å². The van der Waals surface area contributed by atoms with Crippen molar-refractivity contribution in [2.45, 2.75) is 93.4 Å². The first-order valence-electron chi connectivity index (χ1n) is 14.4. The smallest absolute Gasteiger partial charge is 0.226 e. The highest BCUT2D eigenvalue weighted by molar-refractivity contribution is 6.02. The zero-order valence-electron chi connectivity index (χ0n) is 23.8. The minimum atomic E-state index is -0.491. The van der Waals surface area contributed by atoms with Crippen LogP contribution in [0.3, 0.4) is 0 Å². The summed E-state index contributed by atoms with van der Waals surface area (Å²) in [6, 6.07) is 2.16. The number of nitrogens with one attached hydrogen (secondary N) is 1. The molecule has 3 fully saturated rings. The van der Waals surface area contributed by atoms with Gasteiger partial charge in [-0.15, -0.1) is 0 Å². The van der Waals surface area contributed by atoms with Crippen molar-refractivity contribution >= 4 is 17.5 Å². The first-order valence-corrected chi connectivity index (χ1v) is 14.4. The molecule has 0 aromatic rings. The largest absolute Gasteiger partial charge is 0.356 e. The molecular weight excluding hydrogens is 460 g/mol. The molecule has 5 nitrogen and oxygen atoms in total. The highest BCUT2D eigenvalue weighted by atomic mass is 16.2. The minimum absolute atomic E-state index is 0.0197. The zero-order valence-corrected chi connectivity index (χ0v) is 23.8. The fraction of sp³-hybridized carbons (Fsp3) is 0.750.